The Kier molecular flexibility index (Phi) is 7.72. The van der Waals surface area contributed by atoms with Gasteiger partial charge in [-0.3, -0.25) is 14.4 Å². The maximum Gasteiger partial charge on any atom is 0.319 e. The molecule has 2 aromatic carbocycles. The van der Waals surface area contributed by atoms with E-state index in [0.717, 1.165) is 21.8 Å². The van der Waals surface area contributed by atoms with Gasteiger partial charge in [0.25, 0.3) is 0 Å². The van der Waals surface area contributed by atoms with Crippen LogP contribution in [0, 0.1) is 24.2 Å². The molecule has 3 rings (SSSR count). The van der Waals surface area contributed by atoms with Crippen LogP contribution in [-0.4, -0.2) is 30.6 Å². The van der Waals surface area contributed by atoms with Crippen LogP contribution in [0.25, 0.3) is 0 Å². The van der Waals surface area contributed by atoms with Gasteiger partial charge in [0, 0.05) is 16.1 Å². The number of methoxy groups -OCH3 is 1. The van der Waals surface area contributed by atoms with E-state index in [0.29, 0.717) is 11.3 Å². The third-order valence-corrected chi connectivity index (χ3v) is 6.47. The molecule has 0 fully saturated rings. The van der Waals surface area contributed by atoms with E-state index in [1.165, 1.54) is 7.11 Å². The summed E-state index contributed by atoms with van der Waals surface area (Å²) in [6.45, 7) is 1.88. The Morgan fingerprint density at radius 1 is 1.25 bits per heavy atom. The summed E-state index contributed by atoms with van der Waals surface area (Å²) in [5.41, 5.74) is 2.43. The monoisotopic (exact) mass is 513 g/mol. The fourth-order valence-corrected chi connectivity index (χ4v) is 4.68. The zero-order valence-corrected chi connectivity index (χ0v) is 19.7. The number of ether oxygens (including phenoxy) is 1. The summed E-state index contributed by atoms with van der Waals surface area (Å²) >= 11 is 4.43. The Labute approximate surface area is 198 Å². The minimum Gasteiger partial charge on any atom is -0.468 e. The number of carbonyl (C=O) groups excluding carboxylic acids is 3. The van der Waals surface area contributed by atoms with E-state index in [1.54, 1.807) is 30.3 Å². The Bertz CT molecular complexity index is 1140. The number of anilines is 1. The Morgan fingerprint density at radius 3 is 2.66 bits per heavy atom. The zero-order chi connectivity index (χ0) is 23.3. The van der Waals surface area contributed by atoms with Crippen LogP contribution in [0.15, 0.2) is 63.6 Å². The Morgan fingerprint density at radius 2 is 2.00 bits per heavy atom. The van der Waals surface area contributed by atoms with Crippen molar-refractivity contribution in [2.75, 3.05) is 18.2 Å². The Balaban J connectivity index is 1.90. The van der Waals surface area contributed by atoms with Crippen molar-refractivity contribution in [3.63, 3.8) is 0 Å². The van der Waals surface area contributed by atoms with Crippen LogP contribution in [0.1, 0.15) is 17.0 Å². The molecule has 0 radical (unpaired) electrons. The highest BCUT2D eigenvalue weighted by molar-refractivity contribution is 9.10. The van der Waals surface area contributed by atoms with Crippen LogP contribution in [0.3, 0.4) is 0 Å². The molecule has 0 aliphatic carbocycles. The zero-order valence-electron chi connectivity index (χ0n) is 17.3. The molecule has 2 amide bonds. The van der Waals surface area contributed by atoms with E-state index in [1.807, 2.05) is 25.1 Å². The number of nitrogens with one attached hydrogen (secondary N) is 2. The standard InChI is InChI=1S/C23H20BrN3O4S/c1-13-6-3-4-9-17(13)26-18(28)12-32-22-16(11-25)19(14-7-5-8-15(24)10-14)20(21(29)27-22)23(30)31-2/h3-10,19-20H,12H2,1-2H3,(H,26,28)(H,27,29)/t19-,20+/m1/s1. The van der Waals surface area contributed by atoms with Crippen LogP contribution in [0.5, 0.6) is 0 Å². The van der Waals surface area contributed by atoms with Crippen molar-refractivity contribution in [2.24, 2.45) is 5.92 Å². The number of aryl methyl sites for hydroxylation is 1. The van der Waals surface area contributed by atoms with Crippen molar-refractivity contribution in [1.82, 2.24) is 5.32 Å². The van der Waals surface area contributed by atoms with Crippen LogP contribution >= 0.6 is 27.7 Å². The molecule has 0 spiro atoms. The molecule has 0 saturated carbocycles. The van der Waals surface area contributed by atoms with E-state index in [4.69, 9.17) is 4.74 Å². The number of esters is 1. The molecule has 1 aliphatic heterocycles. The molecule has 1 aliphatic rings. The topological polar surface area (TPSA) is 108 Å². The quantitative estimate of drug-likeness (QED) is 0.448. The fourth-order valence-electron chi connectivity index (χ4n) is 3.42. The molecule has 1 heterocycles. The van der Waals surface area contributed by atoms with E-state index in [2.05, 4.69) is 32.6 Å². The molecule has 7 nitrogen and oxygen atoms in total. The number of para-hydroxylation sites is 1. The first-order valence-corrected chi connectivity index (χ1v) is 11.4. The van der Waals surface area contributed by atoms with Gasteiger partial charge in [-0.15, -0.1) is 0 Å². The lowest BCUT2D eigenvalue weighted by Crippen LogP contribution is -2.44. The van der Waals surface area contributed by atoms with E-state index in [9.17, 15) is 19.6 Å². The second-order valence-electron chi connectivity index (χ2n) is 7.03. The molecule has 2 N–H and O–H groups in total. The molecule has 164 valence electrons. The van der Waals surface area contributed by atoms with Crippen LogP contribution < -0.4 is 10.6 Å². The number of amides is 2. The largest absolute Gasteiger partial charge is 0.468 e. The number of nitriles is 1. The maximum absolute atomic E-state index is 12.8. The second kappa shape index (κ2) is 10.5. The third kappa shape index (κ3) is 5.21. The first-order chi connectivity index (χ1) is 15.3. The lowest BCUT2D eigenvalue weighted by molar-refractivity contribution is -0.150. The molecule has 0 unspecified atom stereocenters. The van der Waals surface area contributed by atoms with E-state index >= 15 is 0 Å². The lowest BCUT2D eigenvalue weighted by Gasteiger charge is -2.31. The van der Waals surface area contributed by atoms with Crippen molar-refractivity contribution in [2.45, 2.75) is 12.8 Å². The SMILES string of the molecule is COC(=O)[C@@H]1C(=O)NC(SCC(=O)Nc2ccccc2C)=C(C#N)[C@H]1c1cccc(Br)c1. The van der Waals surface area contributed by atoms with Crippen LogP contribution in [-0.2, 0) is 19.1 Å². The molecule has 0 bridgehead atoms. The molecular formula is C23H20BrN3O4S. The van der Waals surface area contributed by atoms with E-state index in [-0.39, 0.29) is 22.3 Å². The Hall–Kier alpha value is -3.09. The molecule has 0 aromatic heterocycles. The number of thioether (sulfide) groups is 1. The van der Waals surface area contributed by atoms with Gasteiger partial charge < -0.3 is 15.4 Å². The first kappa shape index (κ1) is 23.6. The first-order valence-electron chi connectivity index (χ1n) is 9.62. The average molecular weight is 514 g/mol. The molecule has 2 aromatic rings. The van der Waals surface area contributed by atoms with Gasteiger partial charge in [0.05, 0.1) is 29.5 Å². The third-order valence-electron chi connectivity index (χ3n) is 4.96. The van der Waals surface area contributed by atoms with Crippen molar-refractivity contribution >= 4 is 51.2 Å². The van der Waals surface area contributed by atoms with Gasteiger partial charge >= 0.3 is 5.97 Å². The predicted molar refractivity (Wildman–Crippen MR) is 125 cm³/mol. The second-order valence-corrected chi connectivity index (χ2v) is 8.93. The highest BCUT2D eigenvalue weighted by Gasteiger charge is 2.44. The van der Waals surface area contributed by atoms with Gasteiger partial charge in [0.1, 0.15) is 5.92 Å². The van der Waals surface area contributed by atoms with Gasteiger partial charge in [-0.1, -0.05) is 58.0 Å². The highest BCUT2D eigenvalue weighted by atomic mass is 79.9. The molecule has 0 saturated heterocycles. The van der Waals surface area contributed by atoms with E-state index < -0.39 is 23.7 Å². The number of hydrogen-bond acceptors (Lipinski definition) is 6. The number of benzene rings is 2. The van der Waals surface area contributed by atoms with Gasteiger partial charge in [-0.25, -0.2) is 0 Å². The minimum absolute atomic E-state index is 0.0246. The van der Waals surface area contributed by atoms with Gasteiger partial charge in [-0.05, 0) is 36.2 Å². The van der Waals surface area contributed by atoms with Crippen molar-refractivity contribution in [3.05, 3.63) is 74.7 Å². The van der Waals surface area contributed by atoms with Crippen LogP contribution in [0.4, 0.5) is 5.69 Å². The fraction of sp³-hybridized carbons (Fsp3) is 0.217. The molecular weight excluding hydrogens is 494 g/mol. The number of halogens is 1. The maximum atomic E-state index is 12.8. The van der Waals surface area contributed by atoms with Crippen molar-refractivity contribution in [1.29, 1.82) is 5.26 Å². The highest BCUT2D eigenvalue weighted by Crippen LogP contribution is 2.40. The summed E-state index contributed by atoms with van der Waals surface area (Å²) in [6.07, 6.45) is 0. The average Bonchev–Trinajstić information content (AvgIpc) is 2.78. The summed E-state index contributed by atoms with van der Waals surface area (Å²) in [4.78, 5) is 37.7. The number of allylic oxidation sites excluding steroid dienone is 1. The van der Waals surface area contributed by atoms with Gasteiger partial charge in [-0.2, -0.15) is 5.26 Å². The number of carbonyl (C=O) groups is 3. The number of hydrogen-bond donors (Lipinski definition) is 2. The number of nitrogens with zero attached hydrogens (tertiary/aromatic N) is 1. The summed E-state index contributed by atoms with van der Waals surface area (Å²) in [5, 5.41) is 15.6. The summed E-state index contributed by atoms with van der Waals surface area (Å²) < 4.78 is 5.58. The molecule has 32 heavy (non-hydrogen) atoms. The van der Waals surface area contributed by atoms with Gasteiger partial charge in [0.2, 0.25) is 11.8 Å². The van der Waals surface area contributed by atoms with Crippen molar-refractivity contribution < 1.29 is 19.1 Å². The molecule has 9 heteroatoms. The summed E-state index contributed by atoms with van der Waals surface area (Å²) in [7, 11) is 1.20. The predicted octanol–water partition coefficient (Wildman–Crippen LogP) is 3.87. The summed E-state index contributed by atoms with van der Waals surface area (Å²) in [5.74, 6) is -3.67. The normalized spacial score (nSPS) is 17.9. The van der Waals surface area contributed by atoms with Crippen LogP contribution in [0.2, 0.25) is 0 Å². The lowest BCUT2D eigenvalue weighted by atomic mass is 9.78. The van der Waals surface area contributed by atoms with Crippen molar-refractivity contribution in [3.8, 4) is 6.07 Å². The van der Waals surface area contributed by atoms with Gasteiger partial charge in [0.15, 0.2) is 0 Å². The minimum atomic E-state index is -1.21. The smallest absolute Gasteiger partial charge is 0.319 e. The molecule has 2 atom stereocenters. The number of rotatable bonds is 6. The summed E-state index contributed by atoms with van der Waals surface area (Å²) in [6, 6.07) is 16.6.